The largest absolute Gasteiger partial charge is 0.394 e. The van der Waals surface area contributed by atoms with Crippen LogP contribution >= 0.6 is 0 Å². The summed E-state index contributed by atoms with van der Waals surface area (Å²) in [5.41, 5.74) is 0. The lowest BCUT2D eigenvalue weighted by atomic mass is 9.99. The molecule has 0 saturated carbocycles. The Labute approximate surface area is 267 Å². The molecule has 1 heterocycles. The van der Waals surface area contributed by atoms with Crippen LogP contribution in [0.4, 0.5) is 0 Å². The van der Waals surface area contributed by atoms with Gasteiger partial charge in [0.1, 0.15) is 24.4 Å². The summed E-state index contributed by atoms with van der Waals surface area (Å²) in [6.07, 6.45) is 20.7. The number of carbonyl (C=O) groups is 1. The Morgan fingerprint density at radius 1 is 0.773 bits per heavy atom. The normalized spacial score (nSPS) is 23.8. The number of nitrogens with one attached hydrogen (secondary N) is 1. The molecule has 44 heavy (non-hydrogen) atoms. The van der Waals surface area contributed by atoms with Crippen LogP contribution in [0.5, 0.6) is 0 Å². The van der Waals surface area contributed by atoms with Gasteiger partial charge in [0.15, 0.2) is 6.29 Å². The van der Waals surface area contributed by atoms with E-state index < -0.39 is 49.5 Å². The first-order chi connectivity index (χ1) is 21.3. The SMILES string of the molecule is CCCCC/C=C\C/C=C\CCCCCCCC(=O)NC(COC1OC(CO)C(O)C(O)C1O)C(O)CCCCCCCC. The van der Waals surface area contributed by atoms with Gasteiger partial charge in [-0.25, -0.2) is 0 Å². The molecule has 1 rings (SSSR count). The van der Waals surface area contributed by atoms with Gasteiger partial charge in [0.05, 0.1) is 25.4 Å². The molecular formula is C35H65NO8. The van der Waals surface area contributed by atoms with E-state index in [1.165, 1.54) is 44.9 Å². The Morgan fingerprint density at radius 3 is 2.00 bits per heavy atom. The van der Waals surface area contributed by atoms with Crippen molar-refractivity contribution < 1.29 is 39.8 Å². The van der Waals surface area contributed by atoms with Gasteiger partial charge in [-0.3, -0.25) is 4.79 Å². The van der Waals surface area contributed by atoms with Gasteiger partial charge in [-0.15, -0.1) is 0 Å². The molecule has 9 nitrogen and oxygen atoms in total. The Hall–Kier alpha value is -1.33. The molecule has 7 unspecified atom stereocenters. The molecule has 0 aromatic rings. The van der Waals surface area contributed by atoms with Crippen molar-refractivity contribution in [2.24, 2.45) is 0 Å². The van der Waals surface area contributed by atoms with Gasteiger partial charge in [0, 0.05) is 6.42 Å². The summed E-state index contributed by atoms with van der Waals surface area (Å²) < 4.78 is 11.1. The van der Waals surface area contributed by atoms with E-state index in [2.05, 4.69) is 43.5 Å². The lowest BCUT2D eigenvalue weighted by Crippen LogP contribution is -2.60. The van der Waals surface area contributed by atoms with E-state index in [1.807, 2.05) is 0 Å². The van der Waals surface area contributed by atoms with Crippen LogP contribution in [0, 0.1) is 0 Å². The zero-order valence-electron chi connectivity index (χ0n) is 27.7. The van der Waals surface area contributed by atoms with Crippen molar-refractivity contribution in [2.45, 2.75) is 179 Å². The topological polar surface area (TPSA) is 149 Å². The third kappa shape index (κ3) is 18.6. The Bertz CT molecular complexity index is 746. The Balaban J connectivity index is 2.41. The van der Waals surface area contributed by atoms with Gasteiger partial charge in [0.25, 0.3) is 0 Å². The fourth-order valence-corrected chi connectivity index (χ4v) is 5.36. The van der Waals surface area contributed by atoms with Crippen molar-refractivity contribution in [1.82, 2.24) is 5.32 Å². The molecule has 1 aliphatic rings. The summed E-state index contributed by atoms with van der Waals surface area (Å²) in [7, 11) is 0. The number of hydrogen-bond acceptors (Lipinski definition) is 8. The van der Waals surface area contributed by atoms with Crippen molar-refractivity contribution >= 4 is 5.91 Å². The molecule has 1 saturated heterocycles. The van der Waals surface area contributed by atoms with Gasteiger partial charge in [-0.1, -0.05) is 109 Å². The molecule has 7 atom stereocenters. The molecule has 1 fully saturated rings. The van der Waals surface area contributed by atoms with Crippen LogP contribution in [-0.2, 0) is 14.3 Å². The fraction of sp³-hybridized carbons (Fsp3) is 0.857. The summed E-state index contributed by atoms with van der Waals surface area (Å²) in [4.78, 5) is 12.8. The number of unbranched alkanes of at least 4 members (excludes halogenated alkanes) is 13. The van der Waals surface area contributed by atoms with Crippen LogP contribution in [-0.4, -0.2) is 87.5 Å². The molecule has 0 radical (unpaired) electrons. The van der Waals surface area contributed by atoms with Crippen LogP contribution < -0.4 is 5.32 Å². The summed E-state index contributed by atoms with van der Waals surface area (Å²) >= 11 is 0. The molecule has 0 bridgehead atoms. The van der Waals surface area contributed by atoms with Crippen molar-refractivity contribution in [2.75, 3.05) is 13.2 Å². The maximum Gasteiger partial charge on any atom is 0.220 e. The van der Waals surface area contributed by atoms with E-state index in [9.17, 15) is 30.3 Å². The Kier molecular flexibility index (Phi) is 24.8. The van der Waals surface area contributed by atoms with Gasteiger partial charge in [0.2, 0.25) is 5.91 Å². The average molecular weight is 628 g/mol. The highest BCUT2D eigenvalue weighted by molar-refractivity contribution is 5.76. The second kappa shape index (κ2) is 26.8. The fourth-order valence-electron chi connectivity index (χ4n) is 5.36. The molecule has 0 spiro atoms. The summed E-state index contributed by atoms with van der Waals surface area (Å²) in [5.74, 6) is -0.167. The van der Waals surface area contributed by atoms with Crippen LogP contribution in [0.3, 0.4) is 0 Å². The van der Waals surface area contributed by atoms with Crippen LogP contribution in [0.15, 0.2) is 24.3 Å². The number of rotatable bonds is 27. The maximum absolute atomic E-state index is 12.8. The second-order valence-electron chi connectivity index (χ2n) is 12.3. The van der Waals surface area contributed by atoms with E-state index in [0.29, 0.717) is 12.8 Å². The zero-order chi connectivity index (χ0) is 32.4. The van der Waals surface area contributed by atoms with Crippen molar-refractivity contribution in [3.63, 3.8) is 0 Å². The lowest BCUT2D eigenvalue weighted by Gasteiger charge is -2.40. The molecule has 9 heteroatoms. The van der Waals surface area contributed by atoms with E-state index in [0.717, 1.165) is 64.2 Å². The number of ether oxygens (including phenoxy) is 2. The van der Waals surface area contributed by atoms with E-state index in [1.54, 1.807) is 0 Å². The van der Waals surface area contributed by atoms with Gasteiger partial charge in [-0.2, -0.15) is 0 Å². The van der Waals surface area contributed by atoms with Crippen molar-refractivity contribution in [3.05, 3.63) is 24.3 Å². The molecule has 258 valence electrons. The number of aliphatic hydroxyl groups excluding tert-OH is 5. The number of allylic oxidation sites excluding steroid dienone is 4. The Morgan fingerprint density at radius 2 is 1.34 bits per heavy atom. The van der Waals surface area contributed by atoms with E-state index in [4.69, 9.17) is 9.47 Å². The third-order valence-corrected chi connectivity index (χ3v) is 8.31. The number of aliphatic hydroxyl groups is 5. The van der Waals surface area contributed by atoms with Gasteiger partial charge < -0.3 is 40.3 Å². The molecule has 1 aliphatic heterocycles. The summed E-state index contributed by atoms with van der Waals surface area (Å²) in [6, 6.07) is -0.719. The standard InChI is InChI=1S/C35H65NO8/c1-3-5-7-9-11-12-13-14-15-16-17-18-19-21-23-25-31(39)36-28(29(38)24-22-20-10-8-6-4-2)27-43-35-34(42)33(41)32(40)30(26-37)44-35/h11-12,14-15,28-30,32-35,37-38,40-42H,3-10,13,16-27H2,1-2H3,(H,36,39)/b12-11-,15-14-. The smallest absolute Gasteiger partial charge is 0.220 e. The van der Waals surface area contributed by atoms with Crippen LogP contribution in [0.25, 0.3) is 0 Å². The minimum atomic E-state index is -1.55. The van der Waals surface area contributed by atoms with E-state index in [-0.39, 0.29) is 12.5 Å². The predicted octanol–water partition coefficient (Wildman–Crippen LogP) is 5.21. The molecule has 0 aliphatic carbocycles. The monoisotopic (exact) mass is 627 g/mol. The average Bonchev–Trinajstić information content (AvgIpc) is 3.02. The lowest BCUT2D eigenvalue weighted by molar-refractivity contribution is -0.302. The molecule has 6 N–H and O–H groups in total. The van der Waals surface area contributed by atoms with E-state index >= 15 is 0 Å². The molecular weight excluding hydrogens is 562 g/mol. The number of carbonyl (C=O) groups excluding carboxylic acids is 1. The van der Waals surface area contributed by atoms with Crippen LogP contribution in [0.2, 0.25) is 0 Å². The highest BCUT2D eigenvalue weighted by Crippen LogP contribution is 2.22. The minimum absolute atomic E-state index is 0.145. The molecule has 0 aromatic heterocycles. The number of hydrogen-bond donors (Lipinski definition) is 6. The first-order valence-corrected chi connectivity index (χ1v) is 17.5. The van der Waals surface area contributed by atoms with Crippen molar-refractivity contribution in [3.8, 4) is 0 Å². The first kappa shape index (κ1) is 40.7. The highest BCUT2D eigenvalue weighted by atomic mass is 16.7. The summed E-state index contributed by atoms with van der Waals surface area (Å²) in [5, 5.41) is 53.6. The highest BCUT2D eigenvalue weighted by Gasteiger charge is 2.44. The molecule has 0 aromatic carbocycles. The first-order valence-electron chi connectivity index (χ1n) is 17.5. The maximum atomic E-state index is 12.8. The second-order valence-corrected chi connectivity index (χ2v) is 12.3. The van der Waals surface area contributed by atoms with Gasteiger partial charge in [-0.05, 0) is 44.9 Å². The quantitative estimate of drug-likeness (QED) is 0.0537. The molecule has 1 amide bonds. The number of amides is 1. The van der Waals surface area contributed by atoms with Crippen LogP contribution in [0.1, 0.15) is 136 Å². The minimum Gasteiger partial charge on any atom is -0.394 e. The third-order valence-electron chi connectivity index (χ3n) is 8.31. The zero-order valence-corrected chi connectivity index (χ0v) is 27.7. The summed E-state index contributed by atoms with van der Waals surface area (Å²) in [6.45, 7) is 3.69. The van der Waals surface area contributed by atoms with Crippen molar-refractivity contribution in [1.29, 1.82) is 0 Å². The predicted molar refractivity (Wildman–Crippen MR) is 175 cm³/mol. The van der Waals surface area contributed by atoms with Gasteiger partial charge >= 0.3 is 0 Å².